The van der Waals surface area contributed by atoms with Crippen LogP contribution < -0.4 is 5.32 Å². The van der Waals surface area contributed by atoms with E-state index in [4.69, 9.17) is 9.84 Å². The zero-order valence-electron chi connectivity index (χ0n) is 7.25. The standard InChI is InChI=1S/C8H15NO3/c1-6(9-8(10)11)7-2-4-12-5-3-7/h6-7,9H,2-5H2,1H3,(H,10,11). The van der Waals surface area contributed by atoms with E-state index in [0.29, 0.717) is 5.92 Å². The fourth-order valence-electron chi connectivity index (χ4n) is 1.53. The van der Waals surface area contributed by atoms with Crippen LogP contribution in [0.4, 0.5) is 4.79 Å². The molecule has 0 aromatic rings. The molecule has 0 aliphatic carbocycles. The van der Waals surface area contributed by atoms with Crippen LogP contribution in [0, 0.1) is 5.92 Å². The van der Waals surface area contributed by atoms with Crippen molar-refractivity contribution in [2.24, 2.45) is 5.92 Å². The second-order valence-corrected chi connectivity index (χ2v) is 3.19. The first kappa shape index (κ1) is 9.32. The SMILES string of the molecule is CC(NC(=O)O)C1CCOCC1. The van der Waals surface area contributed by atoms with Gasteiger partial charge in [0, 0.05) is 19.3 Å². The topological polar surface area (TPSA) is 58.6 Å². The minimum Gasteiger partial charge on any atom is -0.465 e. The van der Waals surface area contributed by atoms with Gasteiger partial charge >= 0.3 is 6.09 Å². The molecule has 4 heteroatoms. The van der Waals surface area contributed by atoms with E-state index in [1.165, 1.54) is 0 Å². The lowest BCUT2D eigenvalue weighted by Gasteiger charge is -2.27. The van der Waals surface area contributed by atoms with Gasteiger partial charge in [0.1, 0.15) is 0 Å². The van der Waals surface area contributed by atoms with Crippen molar-refractivity contribution in [2.45, 2.75) is 25.8 Å². The fraction of sp³-hybridized carbons (Fsp3) is 0.875. The monoisotopic (exact) mass is 173 g/mol. The predicted octanol–water partition coefficient (Wildman–Crippen LogP) is 1.07. The van der Waals surface area contributed by atoms with Crippen molar-refractivity contribution in [3.05, 3.63) is 0 Å². The fourth-order valence-corrected chi connectivity index (χ4v) is 1.53. The summed E-state index contributed by atoms with van der Waals surface area (Å²) in [6.07, 6.45) is 0.983. The molecular weight excluding hydrogens is 158 g/mol. The summed E-state index contributed by atoms with van der Waals surface area (Å²) >= 11 is 0. The molecule has 2 N–H and O–H groups in total. The smallest absolute Gasteiger partial charge is 0.404 e. The number of ether oxygens (including phenoxy) is 1. The zero-order chi connectivity index (χ0) is 8.97. The van der Waals surface area contributed by atoms with Crippen LogP contribution in [0.15, 0.2) is 0 Å². The van der Waals surface area contributed by atoms with Crippen molar-refractivity contribution in [2.75, 3.05) is 13.2 Å². The van der Waals surface area contributed by atoms with Crippen LogP contribution in [0.3, 0.4) is 0 Å². The van der Waals surface area contributed by atoms with Gasteiger partial charge in [-0.2, -0.15) is 0 Å². The minimum atomic E-state index is -0.936. The second kappa shape index (κ2) is 4.30. The van der Waals surface area contributed by atoms with Crippen LogP contribution in [0.5, 0.6) is 0 Å². The highest BCUT2D eigenvalue weighted by atomic mass is 16.5. The third kappa shape index (κ3) is 2.70. The highest BCUT2D eigenvalue weighted by Gasteiger charge is 2.21. The lowest BCUT2D eigenvalue weighted by molar-refractivity contribution is 0.0558. The van der Waals surface area contributed by atoms with Crippen LogP contribution in [0.2, 0.25) is 0 Å². The van der Waals surface area contributed by atoms with Gasteiger partial charge < -0.3 is 15.2 Å². The summed E-state index contributed by atoms with van der Waals surface area (Å²) in [4.78, 5) is 10.3. The molecule has 0 spiro atoms. The summed E-state index contributed by atoms with van der Waals surface area (Å²) in [5.74, 6) is 0.440. The average Bonchev–Trinajstić information content (AvgIpc) is 2.05. The van der Waals surface area contributed by atoms with Crippen molar-refractivity contribution in [3.63, 3.8) is 0 Å². The molecule has 1 atom stereocenters. The Labute approximate surface area is 71.9 Å². The van der Waals surface area contributed by atoms with E-state index in [-0.39, 0.29) is 6.04 Å². The van der Waals surface area contributed by atoms with Crippen molar-refractivity contribution in [3.8, 4) is 0 Å². The lowest BCUT2D eigenvalue weighted by atomic mass is 9.93. The van der Waals surface area contributed by atoms with Gasteiger partial charge in [-0.15, -0.1) is 0 Å². The second-order valence-electron chi connectivity index (χ2n) is 3.19. The molecule has 0 bridgehead atoms. The van der Waals surface area contributed by atoms with Crippen molar-refractivity contribution < 1.29 is 14.6 Å². The van der Waals surface area contributed by atoms with E-state index < -0.39 is 6.09 Å². The third-order valence-electron chi connectivity index (χ3n) is 2.32. The zero-order valence-corrected chi connectivity index (χ0v) is 7.25. The molecule has 1 fully saturated rings. The first-order valence-corrected chi connectivity index (χ1v) is 4.27. The quantitative estimate of drug-likeness (QED) is 0.656. The van der Waals surface area contributed by atoms with E-state index in [1.807, 2.05) is 6.92 Å². The molecule has 1 unspecified atom stereocenters. The molecule has 1 amide bonds. The Bertz CT molecular complexity index is 154. The number of nitrogens with one attached hydrogen (secondary N) is 1. The molecule has 1 saturated heterocycles. The Hall–Kier alpha value is -0.770. The maximum atomic E-state index is 10.3. The van der Waals surface area contributed by atoms with Crippen LogP contribution >= 0.6 is 0 Å². The summed E-state index contributed by atoms with van der Waals surface area (Å²) in [5, 5.41) is 10.9. The maximum absolute atomic E-state index is 10.3. The number of hydrogen-bond acceptors (Lipinski definition) is 2. The lowest BCUT2D eigenvalue weighted by Crippen LogP contribution is -2.39. The molecular formula is C8H15NO3. The van der Waals surface area contributed by atoms with Crippen molar-refractivity contribution >= 4 is 6.09 Å². The van der Waals surface area contributed by atoms with Crippen LogP contribution in [0.25, 0.3) is 0 Å². The van der Waals surface area contributed by atoms with E-state index in [2.05, 4.69) is 5.32 Å². The van der Waals surface area contributed by atoms with Gasteiger partial charge in [-0.3, -0.25) is 0 Å². The maximum Gasteiger partial charge on any atom is 0.404 e. The Morgan fingerprint density at radius 3 is 2.67 bits per heavy atom. The van der Waals surface area contributed by atoms with Gasteiger partial charge in [0.25, 0.3) is 0 Å². The van der Waals surface area contributed by atoms with E-state index in [9.17, 15) is 4.79 Å². The van der Waals surface area contributed by atoms with Gasteiger partial charge in [-0.05, 0) is 25.7 Å². The molecule has 1 heterocycles. The van der Waals surface area contributed by atoms with Gasteiger partial charge in [-0.1, -0.05) is 0 Å². The molecule has 1 aliphatic rings. The van der Waals surface area contributed by atoms with Crippen molar-refractivity contribution in [1.82, 2.24) is 5.32 Å². The molecule has 1 rings (SSSR count). The molecule has 0 saturated carbocycles. The summed E-state index contributed by atoms with van der Waals surface area (Å²) in [6.45, 7) is 3.43. The van der Waals surface area contributed by atoms with Gasteiger partial charge in [0.05, 0.1) is 0 Å². The number of amides is 1. The predicted molar refractivity (Wildman–Crippen MR) is 44.2 cm³/mol. The van der Waals surface area contributed by atoms with E-state index >= 15 is 0 Å². The molecule has 1 aliphatic heterocycles. The highest BCUT2D eigenvalue weighted by molar-refractivity contribution is 5.64. The van der Waals surface area contributed by atoms with Crippen LogP contribution in [-0.2, 0) is 4.74 Å². The first-order valence-electron chi connectivity index (χ1n) is 4.27. The number of carboxylic acid groups (broad SMARTS) is 1. The minimum absolute atomic E-state index is 0.0476. The Kier molecular flexibility index (Phi) is 3.34. The van der Waals surface area contributed by atoms with E-state index in [1.54, 1.807) is 0 Å². The largest absolute Gasteiger partial charge is 0.465 e. The van der Waals surface area contributed by atoms with Crippen LogP contribution in [-0.4, -0.2) is 30.5 Å². The molecule has 4 nitrogen and oxygen atoms in total. The van der Waals surface area contributed by atoms with Crippen molar-refractivity contribution in [1.29, 1.82) is 0 Å². The first-order chi connectivity index (χ1) is 5.70. The summed E-state index contributed by atoms with van der Waals surface area (Å²) in [6, 6.07) is 0.0476. The number of rotatable bonds is 2. The average molecular weight is 173 g/mol. The normalized spacial score (nSPS) is 21.8. The summed E-state index contributed by atoms with van der Waals surface area (Å²) in [7, 11) is 0. The van der Waals surface area contributed by atoms with Gasteiger partial charge in [-0.25, -0.2) is 4.79 Å². The Balaban J connectivity index is 2.29. The van der Waals surface area contributed by atoms with Gasteiger partial charge in [0.2, 0.25) is 0 Å². The molecule has 0 aromatic carbocycles. The molecule has 0 radical (unpaired) electrons. The number of carbonyl (C=O) groups is 1. The Morgan fingerprint density at radius 1 is 1.58 bits per heavy atom. The molecule has 70 valence electrons. The summed E-state index contributed by atoms with van der Waals surface area (Å²) < 4.78 is 5.18. The molecule has 0 aromatic heterocycles. The van der Waals surface area contributed by atoms with Gasteiger partial charge in [0.15, 0.2) is 0 Å². The Morgan fingerprint density at radius 2 is 2.17 bits per heavy atom. The van der Waals surface area contributed by atoms with E-state index in [0.717, 1.165) is 26.1 Å². The number of hydrogen-bond donors (Lipinski definition) is 2. The summed E-state index contributed by atoms with van der Waals surface area (Å²) in [5.41, 5.74) is 0. The highest BCUT2D eigenvalue weighted by Crippen LogP contribution is 2.18. The molecule has 12 heavy (non-hydrogen) atoms. The van der Waals surface area contributed by atoms with Crippen LogP contribution in [0.1, 0.15) is 19.8 Å². The third-order valence-corrected chi connectivity index (χ3v) is 2.32.